The van der Waals surface area contributed by atoms with Crippen LogP contribution in [0.15, 0.2) is 57.7 Å². The maximum Gasteiger partial charge on any atom is 0.351 e. The summed E-state index contributed by atoms with van der Waals surface area (Å²) < 4.78 is 20.8. The predicted octanol–water partition coefficient (Wildman–Crippen LogP) is 2.38. The Bertz CT molecular complexity index is 1150. The molecule has 0 radical (unpaired) electrons. The SMILES string of the molecule is C[C@@H](OC(=O)c1cc2ccccc2oc1=O)C(=O)NCc1ccc2c(c1)OCO2. The van der Waals surface area contributed by atoms with Crippen LogP contribution < -0.4 is 20.4 Å². The van der Waals surface area contributed by atoms with Gasteiger partial charge in [0.1, 0.15) is 11.1 Å². The van der Waals surface area contributed by atoms with Crippen molar-refractivity contribution in [2.45, 2.75) is 19.6 Å². The van der Waals surface area contributed by atoms with E-state index in [1.165, 1.54) is 13.0 Å². The highest BCUT2D eigenvalue weighted by atomic mass is 16.7. The van der Waals surface area contributed by atoms with E-state index in [4.69, 9.17) is 18.6 Å². The minimum atomic E-state index is -1.10. The van der Waals surface area contributed by atoms with Crippen LogP contribution in [0.2, 0.25) is 0 Å². The lowest BCUT2D eigenvalue weighted by atomic mass is 10.2. The zero-order chi connectivity index (χ0) is 20.4. The first-order valence-electron chi connectivity index (χ1n) is 8.91. The fraction of sp³-hybridized carbons (Fsp3) is 0.190. The molecule has 2 heterocycles. The van der Waals surface area contributed by atoms with Crippen molar-refractivity contribution < 1.29 is 28.2 Å². The maximum atomic E-state index is 12.3. The van der Waals surface area contributed by atoms with E-state index in [1.54, 1.807) is 42.5 Å². The quantitative estimate of drug-likeness (QED) is 0.522. The molecule has 4 rings (SSSR count). The van der Waals surface area contributed by atoms with Crippen molar-refractivity contribution in [1.82, 2.24) is 5.32 Å². The van der Waals surface area contributed by atoms with Crippen LogP contribution in [0.25, 0.3) is 11.0 Å². The molecule has 1 atom stereocenters. The van der Waals surface area contributed by atoms with Gasteiger partial charge in [0.05, 0.1) is 0 Å². The van der Waals surface area contributed by atoms with Crippen molar-refractivity contribution in [3.8, 4) is 11.5 Å². The Kier molecular flexibility index (Phi) is 4.90. The number of nitrogens with one attached hydrogen (secondary N) is 1. The van der Waals surface area contributed by atoms with Crippen LogP contribution in [0.4, 0.5) is 0 Å². The largest absolute Gasteiger partial charge is 0.454 e. The monoisotopic (exact) mass is 395 g/mol. The topological polar surface area (TPSA) is 104 Å². The molecule has 1 aliphatic rings. The Morgan fingerprint density at radius 3 is 2.76 bits per heavy atom. The molecule has 1 aliphatic heterocycles. The molecule has 8 heteroatoms. The molecule has 0 bridgehead atoms. The van der Waals surface area contributed by atoms with Crippen LogP contribution in [0.1, 0.15) is 22.8 Å². The third kappa shape index (κ3) is 3.91. The summed E-state index contributed by atoms with van der Waals surface area (Å²) in [6.07, 6.45) is -1.10. The molecular formula is C21H17NO7. The number of amides is 1. The van der Waals surface area contributed by atoms with E-state index >= 15 is 0 Å². The number of hydrogen-bond acceptors (Lipinski definition) is 7. The molecule has 29 heavy (non-hydrogen) atoms. The lowest BCUT2D eigenvalue weighted by Gasteiger charge is -2.13. The summed E-state index contributed by atoms with van der Waals surface area (Å²) in [6, 6.07) is 13.5. The van der Waals surface area contributed by atoms with E-state index in [0.29, 0.717) is 22.5 Å². The lowest BCUT2D eigenvalue weighted by Crippen LogP contribution is -2.36. The number of fused-ring (bicyclic) bond motifs is 2. The summed E-state index contributed by atoms with van der Waals surface area (Å²) in [6.45, 7) is 1.81. The second kappa shape index (κ2) is 7.67. The highest BCUT2D eigenvalue weighted by molar-refractivity contribution is 5.94. The third-order valence-corrected chi connectivity index (χ3v) is 4.42. The first-order chi connectivity index (χ1) is 14.0. The fourth-order valence-electron chi connectivity index (χ4n) is 2.87. The smallest absolute Gasteiger partial charge is 0.351 e. The first-order valence-corrected chi connectivity index (χ1v) is 8.91. The van der Waals surface area contributed by atoms with Crippen molar-refractivity contribution in [1.29, 1.82) is 0 Å². The van der Waals surface area contributed by atoms with E-state index in [1.807, 2.05) is 0 Å². The molecule has 1 N–H and O–H groups in total. The zero-order valence-corrected chi connectivity index (χ0v) is 15.5. The van der Waals surface area contributed by atoms with E-state index < -0.39 is 23.6 Å². The van der Waals surface area contributed by atoms with Crippen LogP contribution in [0.5, 0.6) is 11.5 Å². The Balaban J connectivity index is 1.39. The van der Waals surface area contributed by atoms with Crippen LogP contribution in [-0.4, -0.2) is 24.8 Å². The standard InChI is InChI=1S/C21H17NO7/c1-12(19(23)22-10-13-6-7-17-18(8-13)27-11-26-17)28-20(24)15-9-14-4-2-3-5-16(14)29-21(15)25/h2-9,12H,10-11H2,1H3,(H,22,23)/t12-/m1/s1. The number of para-hydroxylation sites is 1. The number of esters is 1. The van der Waals surface area contributed by atoms with Crippen LogP contribution in [-0.2, 0) is 16.1 Å². The van der Waals surface area contributed by atoms with Gasteiger partial charge in [-0.1, -0.05) is 24.3 Å². The molecule has 8 nitrogen and oxygen atoms in total. The van der Waals surface area contributed by atoms with Gasteiger partial charge in [0, 0.05) is 11.9 Å². The summed E-state index contributed by atoms with van der Waals surface area (Å²) in [5.74, 6) is -0.160. The van der Waals surface area contributed by atoms with Crippen molar-refractivity contribution in [2.24, 2.45) is 0 Å². The molecular weight excluding hydrogens is 378 g/mol. The highest BCUT2D eigenvalue weighted by Gasteiger charge is 2.22. The minimum Gasteiger partial charge on any atom is -0.454 e. The van der Waals surface area contributed by atoms with E-state index in [-0.39, 0.29) is 18.9 Å². The fourth-order valence-corrected chi connectivity index (χ4v) is 2.87. The lowest BCUT2D eigenvalue weighted by molar-refractivity contribution is -0.129. The van der Waals surface area contributed by atoms with Gasteiger partial charge in [0.2, 0.25) is 6.79 Å². The minimum absolute atomic E-state index is 0.168. The number of carbonyl (C=O) groups is 2. The van der Waals surface area contributed by atoms with Crippen molar-refractivity contribution >= 4 is 22.8 Å². The second-order valence-corrected chi connectivity index (χ2v) is 6.44. The molecule has 148 valence electrons. The van der Waals surface area contributed by atoms with Gasteiger partial charge in [0.15, 0.2) is 17.6 Å². The molecule has 1 amide bonds. The van der Waals surface area contributed by atoms with Gasteiger partial charge in [-0.2, -0.15) is 0 Å². The van der Waals surface area contributed by atoms with Crippen molar-refractivity contribution in [2.75, 3.05) is 6.79 Å². The van der Waals surface area contributed by atoms with Crippen molar-refractivity contribution in [3.63, 3.8) is 0 Å². The number of hydrogen-bond donors (Lipinski definition) is 1. The van der Waals surface area contributed by atoms with Crippen molar-refractivity contribution in [3.05, 3.63) is 70.1 Å². The van der Waals surface area contributed by atoms with Gasteiger partial charge in [0.25, 0.3) is 5.91 Å². The number of benzene rings is 2. The molecule has 3 aromatic rings. The Morgan fingerprint density at radius 1 is 1.10 bits per heavy atom. The van der Waals surface area contributed by atoms with E-state index in [0.717, 1.165) is 5.56 Å². The van der Waals surface area contributed by atoms with Gasteiger partial charge >= 0.3 is 11.6 Å². The number of ether oxygens (including phenoxy) is 3. The van der Waals surface area contributed by atoms with Gasteiger partial charge in [-0.05, 0) is 36.8 Å². The maximum absolute atomic E-state index is 12.3. The molecule has 2 aromatic carbocycles. The normalized spacial score (nSPS) is 13.1. The molecule has 0 fully saturated rings. The summed E-state index contributed by atoms with van der Waals surface area (Å²) in [4.78, 5) is 36.6. The highest BCUT2D eigenvalue weighted by Crippen LogP contribution is 2.32. The van der Waals surface area contributed by atoms with Crippen LogP contribution in [0.3, 0.4) is 0 Å². The second-order valence-electron chi connectivity index (χ2n) is 6.44. The molecule has 0 saturated carbocycles. The summed E-state index contributed by atoms with van der Waals surface area (Å²) in [7, 11) is 0. The summed E-state index contributed by atoms with van der Waals surface area (Å²) in [5.41, 5.74) is 0.0839. The van der Waals surface area contributed by atoms with Gasteiger partial charge in [-0.15, -0.1) is 0 Å². The zero-order valence-electron chi connectivity index (χ0n) is 15.5. The van der Waals surface area contributed by atoms with Gasteiger partial charge in [-0.25, -0.2) is 9.59 Å². The average Bonchev–Trinajstić information content (AvgIpc) is 3.19. The van der Waals surface area contributed by atoms with E-state index in [2.05, 4.69) is 5.32 Å². The van der Waals surface area contributed by atoms with Gasteiger partial charge in [-0.3, -0.25) is 4.79 Å². The summed E-state index contributed by atoms with van der Waals surface area (Å²) >= 11 is 0. The molecule has 0 saturated heterocycles. The molecule has 0 aliphatic carbocycles. The Morgan fingerprint density at radius 2 is 1.90 bits per heavy atom. The first kappa shape index (κ1) is 18.5. The molecule has 0 spiro atoms. The Hall–Kier alpha value is -3.81. The summed E-state index contributed by atoms with van der Waals surface area (Å²) in [5, 5.41) is 3.26. The predicted molar refractivity (Wildman–Crippen MR) is 102 cm³/mol. The van der Waals surface area contributed by atoms with Crippen LogP contribution in [0, 0.1) is 0 Å². The van der Waals surface area contributed by atoms with Gasteiger partial charge < -0.3 is 23.9 Å². The number of rotatable bonds is 5. The third-order valence-electron chi connectivity index (χ3n) is 4.42. The Labute approximate surface area is 165 Å². The average molecular weight is 395 g/mol. The number of carbonyl (C=O) groups excluding carboxylic acids is 2. The van der Waals surface area contributed by atoms with Crippen LogP contribution >= 0.6 is 0 Å². The molecule has 0 unspecified atom stereocenters. The van der Waals surface area contributed by atoms with E-state index in [9.17, 15) is 14.4 Å². The molecule has 1 aromatic heterocycles.